The maximum atomic E-state index is 14.1. The van der Waals surface area contributed by atoms with Crippen LogP contribution in [0, 0.1) is 3.57 Å². The highest BCUT2D eigenvalue weighted by Gasteiger charge is 2.31. The van der Waals surface area contributed by atoms with E-state index in [1.165, 1.54) is 29.2 Å². The Labute approximate surface area is 284 Å². The number of rotatable bonds is 10. The van der Waals surface area contributed by atoms with Crippen LogP contribution in [0.3, 0.4) is 0 Å². The number of aromatic nitrogens is 1. The van der Waals surface area contributed by atoms with Crippen LogP contribution < -0.4 is 29.1 Å². The molecule has 0 unspecified atom stereocenters. The van der Waals surface area contributed by atoms with Gasteiger partial charge in [-0.15, -0.1) is 0 Å². The topological polar surface area (TPSA) is 88.4 Å². The molecule has 12 heteroatoms. The smallest absolute Gasteiger partial charge is 0.337 e. The van der Waals surface area contributed by atoms with E-state index in [4.69, 9.17) is 30.5 Å². The van der Waals surface area contributed by atoms with Crippen molar-refractivity contribution in [2.45, 2.75) is 26.5 Å². The molecule has 0 amide bonds. The van der Waals surface area contributed by atoms with E-state index in [1.807, 2.05) is 56.3 Å². The summed E-state index contributed by atoms with van der Waals surface area (Å²) in [6.45, 7) is 4.89. The number of hydrogen-bond donors (Lipinski definition) is 0. The van der Waals surface area contributed by atoms with Crippen molar-refractivity contribution >= 4 is 73.5 Å². The lowest BCUT2D eigenvalue weighted by molar-refractivity contribution is -0.136. The lowest BCUT2D eigenvalue weighted by Gasteiger charge is -2.23. The number of thiazole rings is 1. The molecule has 44 heavy (non-hydrogen) atoms. The quantitative estimate of drug-likeness (QED) is 0.136. The molecule has 0 fully saturated rings. The number of carbonyl (C=O) groups excluding carboxylic acids is 1. The molecule has 0 spiro atoms. The Morgan fingerprint density at radius 1 is 1.09 bits per heavy atom. The minimum absolute atomic E-state index is 0.221. The summed E-state index contributed by atoms with van der Waals surface area (Å²) < 4.78 is 26.5. The third-order valence-electron chi connectivity index (χ3n) is 6.66. The van der Waals surface area contributed by atoms with Crippen molar-refractivity contribution in [3.8, 4) is 17.2 Å². The zero-order chi connectivity index (χ0) is 31.4. The molecule has 8 nitrogen and oxygen atoms in total. The molecule has 0 saturated carbocycles. The molecule has 2 heterocycles. The molecule has 228 valence electrons. The highest BCUT2D eigenvalue weighted by Crippen LogP contribution is 2.35. The average molecular weight is 810 g/mol. The summed E-state index contributed by atoms with van der Waals surface area (Å²) in [7, 11) is 1.30. The van der Waals surface area contributed by atoms with Crippen LogP contribution in [-0.2, 0) is 16.1 Å². The number of carbonyl (C=O) groups is 1. The van der Waals surface area contributed by atoms with E-state index in [1.54, 1.807) is 18.2 Å². The summed E-state index contributed by atoms with van der Waals surface area (Å²) in [5, 5.41) is 0.609. The lowest BCUT2D eigenvalue weighted by atomic mass is 9.97. The highest BCUT2D eigenvalue weighted by molar-refractivity contribution is 14.1. The predicted molar refractivity (Wildman–Crippen MR) is 183 cm³/mol. The number of nitrogens with zero attached hydrogens (tertiary/aromatic N) is 2. The van der Waals surface area contributed by atoms with Gasteiger partial charge in [-0.2, -0.15) is 0 Å². The molecule has 1 aromatic heterocycles. The Balaban J connectivity index is 1.63. The SMILES string of the molecule is CCOc1ccc([C@@H]2C(C(=O)OC)=CN=c3s/c(=C/c4cc(Br)cc(I)c4OCc4ccccc4Cl)c(=O)n32)cc1OCC. The number of benzene rings is 3. The van der Waals surface area contributed by atoms with Crippen LogP contribution in [0.5, 0.6) is 17.2 Å². The predicted octanol–water partition coefficient (Wildman–Crippen LogP) is 6.42. The van der Waals surface area contributed by atoms with Crippen molar-refractivity contribution in [2.24, 2.45) is 4.99 Å². The zero-order valence-corrected chi connectivity index (χ0v) is 29.3. The number of hydrogen-bond acceptors (Lipinski definition) is 8. The molecule has 4 aromatic rings. The maximum Gasteiger partial charge on any atom is 0.337 e. The molecule has 0 saturated heterocycles. The summed E-state index contributed by atoms with van der Waals surface area (Å²) in [5.74, 6) is 1.11. The number of ether oxygens (including phenoxy) is 4. The van der Waals surface area contributed by atoms with E-state index in [2.05, 4.69) is 43.5 Å². The van der Waals surface area contributed by atoms with E-state index < -0.39 is 12.0 Å². The molecule has 5 rings (SSSR count). The van der Waals surface area contributed by atoms with Crippen molar-refractivity contribution in [3.63, 3.8) is 0 Å². The van der Waals surface area contributed by atoms with Crippen LogP contribution in [0.1, 0.15) is 36.6 Å². The molecule has 0 bridgehead atoms. The molecule has 1 aliphatic heterocycles. The first-order valence-corrected chi connectivity index (χ1v) is 16.7. The van der Waals surface area contributed by atoms with Crippen molar-refractivity contribution in [3.05, 3.63) is 116 Å². The second-order valence-corrected chi connectivity index (χ2v) is 12.9. The fourth-order valence-electron chi connectivity index (χ4n) is 4.73. The van der Waals surface area contributed by atoms with E-state index in [0.717, 1.165) is 13.6 Å². The number of fused-ring (bicyclic) bond motifs is 1. The fraction of sp³-hybridized carbons (Fsp3) is 0.219. The summed E-state index contributed by atoms with van der Waals surface area (Å²) in [5.41, 5.74) is 2.10. The van der Waals surface area contributed by atoms with Gasteiger partial charge in [0.15, 0.2) is 16.3 Å². The van der Waals surface area contributed by atoms with Gasteiger partial charge in [0, 0.05) is 26.8 Å². The Morgan fingerprint density at radius 2 is 1.84 bits per heavy atom. The zero-order valence-electron chi connectivity index (χ0n) is 23.9. The van der Waals surface area contributed by atoms with Gasteiger partial charge >= 0.3 is 5.97 Å². The lowest BCUT2D eigenvalue weighted by Crippen LogP contribution is -2.39. The first kappa shape index (κ1) is 32.3. The van der Waals surface area contributed by atoms with Gasteiger partial charge in [0.25, 0.3) is 5.56 Å². The van der Waals surface area contributed by atoms with Crippen molar-refractivity contribution in [1.29, 1.82) is 0 Å². The van der Waals surface area contributed by atoms with Crippen molar-refractivity contribution in [1.82, 2.24) is 4.57 Å². The molecular formula is C32H27BrClIN2O6S. The second kappa shape index (κ2) is 14.3. The Morgan fingerprint density at radius 3 is 2.57 bits per heavy atom. The second-order valence-electron chi connectivity index (χ2n) is 9.43. The molecule has 0 N–H and O–H groups in total. The monoisotopic (exact) mass is 808 g/mol. The normalized spacial score (nSPS) is 14.4. The molecule has 0 radical (unpaired) electrons. The number of methoxy groups -OCH3 is 1. The summed E-state index contributed by atoms with van der Waals surface area (Å²) >= 11 is 13.4. The average Bonchev–Trinajstić information content (AvgIpc) is 3.32. The van der Waals surface area contributed by atoms with Crippen LogP contribution in [0.2, 0.25) is 5.02 Å². The number of esters is 1. The van der Waals surface area contributed by atoms with E-state index >= 15 is 0 Å². The first-order valence-electron chi connectivity index (χ1n) is 13.6. The van der Waals surface area contributed by atoms with E-state index in [9.17, 15) is 9.59 Å². The molecule has 1 aliphatic rings. The van der Waals surface area contributed by atoms with Gasteiger partial charge < -0.3 is 18.9 Å². The van der Waals surface area contributed by atoms with Gasteiger partial charge in [-0.25, -0.2) is 9.79 Å². The van der Waals surface area contributed by atoms with Gasteiger partial charge in [0.2, 0.25) is 0 Å². The van der Waals surface area contributed by atoms with Crippen LogP contribution in [0.25, 0.3) is 6.08 Å². The summed E-state index contributed by atoms with van der Waals surface area (Å²) in [6, 6.07) is 15.9. The highest BCUT2D eigenvalue weighted by atomic mass is 127. The van der Waals surface area contributed by atoms with Crippen molar-refractivity contribution < 1.29 is 23.7 Å². The van der Waals surface area contributed by atoms with Gasteiger partial charge in [0.05, 0.1) is 40.0 Å². The van der Waals surface area contributed by atoms with Crippen LogP contribution in [0.4, 0.5) is 0 Å². The van der Waals surface area contributed by atoms with Gasteiger partial charge in [0.1, 0.15) is 12.4 Å². The summed E-state index contributed by atoms with van der Waals surface area (Å²) in [4.78, 5) is 32.0. The standard InChI is InChI=1S/C32H27BrClIN2O6S/c1-4-41-25-11-10-18(13-26(25)42-5-2)28-22(31(39)40-3)16-36-32-37(28)30(38)27(44-32)14-20-12-21(33)15-24(35)29(20)43-17-19-8-6-7-9-23(19)34/h6-16,28H,4-5,17H2,1-3H3/b27-14+/t28-/m1/s1. The van der Waals surface area contributed by atoms with Crippen LogP contribution >= 0.6 is 61.5 Å². The van der Waals surface area contributed by atoms with Crippen LogP contribution in [0.15, 0.2) is 80.6 Å². The first-order chi connectivity index (χ1) is 21.2. The van der Waals surface area contributed by atoms with E-state index in [-0.39, 0.29) is 17.7 Å². The largest absolute Gasteiger partial charge is 0.490 e. The molecule has 0 aliphatic carbocycles. The molecular weight excluding hydrogens is 783 g/mol. The minimum Gasteiger partial charge on any atom is -0.490 e. The third-order valence-corrected chi connectivity index (χ3v) is 9.29. The summed E-state index contributed by atoms with van der Waals surface area (Å²) in [6.07, 6.45) is 3.24. The van der Waals surface area contributed by atoms with Gasteiger partial charge in [-0.3, -0.25) is 9.36 Å². The Bertz CT molecular complexity index is 1940. The Kier molecular flexibility index (Phi) is 10.5. The fourth-order valence-corrected chi connectivity index (χ4v) is 7.59. The third kappa shape index (κ3) is 6.75. The molecule has 3 aromatic carbocycles. The maximum absolute atomic E-state index is 14.1. The van der Waals surface area contributed by atoms with E-state index in [0.29, 0.717) is 55.9 Å². The molecule has 1 atom stereocenters. The number of halogens is 3. The van der Waals surface area contributed by atoms with Gasteiger partial charge in [-0.1, -0.05) is 63.1 Å². The van der Waals surface area contributed by atoms with Crippen molar-refractivity contribution in [2.75, 3.05) is 20.3 Å². The Hall–Kier alpha value is -3.13. The van der Waals surface area contributed by atoms with Crippen LogP contribution in [-0.4, -0.2) is 30.9 Å². The minimum atomic E-state index is -0.797. The van der Waals surface area contributed by atoms with Gasteiger partial charge in [-0.05, 0) is 78.4 Å².